The van der Waals surface area contributed by atoms with Crippen LogP contribution in [0.1, 0.15) is 48.6 Å². The fourth-order valence-electron chi connectivity index (χ4n) is 4.73. The van der Waals surface area contributed by atoms with Crippen LogP contribution in [0.5, 0.6) is 0 Å². The minimum absolute atomic E-state index is 0.0415. The zero-order chi connectivity index (χ0) is 21.5. The summed E-state index contributed by atoms with van der Waals surface area (Å²) >= 11 is 0. The maximum Gasteiger partial charge on any atom is 0.224 e. The van der Waals surface area contributed by atoms with Crippen LogP contribution in [0.3, 0.4) is 0 Å². The van der Waals surface area contributed by atoms with Gasteiger partial charge in [0.25, 0.3) is 0 Å². The summed E-state index contributed by atoms with van der Waals surface area (Å²) in [6.45, 7) is 3.59. The molecule has 0 radical (unpaired) electrons. The number of fused-ring (bicyclic) bond motifs is 1. The molecule has 0 bridgehead atoms. The minimum Gasteiger partial charge on any atom is -0.467 e. The number of nitrogens with zero attached hydrogens (tertiary/aromatic N) is 1. The molecule has 1 aliphatic heterocycles. The van der Waals surface area contributed by atoms with Gasteiger partial charge < -0.3 is 9.73 Å². The molecule has 3 aromatic rings. The van der Waals surface area contributed by atoms with Gasteiger partial charge in [-0.15, -0.1) is 0 Å². The van der Waals surface area contributed by atoms with Gasteiger partial charge in [0.2, 0.25) is 5.91 Å². The lowest BCUT2D eigenvalue weighted by molar-refractivity contribution is -0.117. The lowest BCUT2D eigenvalue weighted by Crippen LogP contribution is -2.37. The number of hydrogen-bond acceptors (Lipinski definition) is 4. The van der Waals surface area contributed by atoms with E-state index in [9.17, 15) is 9.59 Å². The third-order valence-corrected chi connectivity index (χ3v) is 6.19. The fourth-order valence-corrected chi connectivity index (χ4v) is 4.73. The number of ketones is 1. The number of benzene rings is 2. The van der Waals surface area contributed by atoms with Crippen molar-refractivity contribution >= 4 is 23.1 Å². The van der Waals surface area contributed by atoms with Crippen molar-refractivity contribution in [1.29, 1.82) is 0 Å². The Labute approximate surface area is 181 Å². The summed E-state index contributed by atoms with van der Waals surface area (Å²) < 4.78 is 5.74. The maximum absolute atomic E-state index is 13.6. The van der Waals surface area contributed by atoms with E-state index in [1.54, 1.807) is 17.2 Å². The Morgan fingerprint density at radius 2 is 1.81 bits per heavy atom. The second-order valence-electron chi connectivity index (χ2n) is 8.28. The molecule has 5 heteroatoms. The van der Waals surface area contributed by atoms with Crippen LogP contribution in [0.25, 0.3) is 0 Å². The zero-order valence-electron chi connectivity index (χ0n) is 17.6. The van der Waals surface area contributed by atoms with Crippen LogP contribution < -0.4 is 10.2 Å². The predicted molar refractivity (Wildman–Crippen MR) is 120 cm³/mol. The first-order valence-electron chi connectivity index (χ1n) is 10.5. The predicted octanol–water partition coefficient (Wildman–Crippen LogP) is 5.51. The second kappa shape index (κ2) is 7.58. The van der Waals surface area contributed by atoms with Gasteiger partial charge in [0, 0.05) is 24.6 Å². The summed E-state index contributed by atoms with van der Waals surface area (Å²) in [6, 6.07) is 19.1. The molecular formula is C26H24N2O3. The van der Waals surface area contributed by atoms with Crippen molar-refractivity contribution in [3.05, 3.63) is 95.1 Å². The van der Waals surface area contributed by atoms with Gasteiger partial charge >= 0.3 is 0 Å². The molecule has 0 saturated carbocycles. The first kappa shape index (κ1) is 19.4. The van der Waals surface area contributed by atoms with Crippen molar-refractivity contribution in [3.8, 4) is 0 Å². The molecule has 2 aliphatic rings. The van der Waals surface area contributed by atoms with Crippen LogP contribution in [0.2, 0.25) is 0 Å². The number of carbonyl (C=O) groups excluding carboxylic acids is 2. The van der Waals surface area contributed by atoms with Crippen molar-refractivity contribution < 1.29 is 14.0 Å². The second-order valence-corrected chi connectivity index (χ2v) is 8.28. The van der Waals surface area contributed by atoms with E-state index in [2.05, 4.69) is 36.5 Å². The number of allylic oxidation sites excluding steroid dienone is 1. The Bertz CT molecular complexity index is 1180. The normalized spacial score (nSPS) is 20.6. The number of furan rings is 1. The molecule has 31 heavy (non-hydrogen) atoms. The van der Waals surface area contributed by atoms with E-state index in [1.807, 2.05) is 30.3 Å². The Morgan fingerprint density at radius 1 is 1.03 bits per heavy atom. The summed E-state index contributed by atoms with van der Waals surface area (Å²) in [5.41, 5.74) is 5.39. The number of hydrogen-bond donors (Lipinski definition) is 1. The lowest BCUT2D eigenvalue weighted by atomic mass is 9.79. The number of anilines is 2. The molecule has 1 N–H and O–H groups in total. The number of amides is 1. The number of para-hydroxylation sites is 2. The smallest absolute Gasteiger partial charge is 0.224 e. The number of Topliss-reactive ketones (excluding diaryl/α,β-unsaturated/α-hetero) is 1. The molecular weight excluding hydrogens is 388 g/mol. The van der Waals surface area contributed by atoms with Gasteiger partial charge in [-0.2, -0.15) is 0 Å². The Morgan fingerprint density at radius 3 is 2.52 bits per heavy atom. The van der Waals surface area contributed by atoms with Crippen molar-refractivity contribution in [2.45, 2.75) is 38.6 Å². The highest BCUT2D eigenvalue weighted by molar-refractivity contribution is 6.05. The molecule has 5 nitrogen and oxygen atoms in total. The topological polar surface area (TPSA) is 62.6 Å². The van der Waals surface area contributed by atoms with E-state index in [4.69, 9.17) is 4.42 Å². The summed E-state index contributed by atoms with van der Waals surface area (Å²) in [5, 5.41) is 3.50. The monoisotopic (exact) mass is 412 g/mol. The SMILES string of the molecule is CC(=O)N1c2ccccc2NC2=C(C(=O)C[C@H](c3ccc(C)cc3)C2)[C@@H]1c1ccco1. The largest absolute Gasteiger partial charge is 0.467 e. The molecule has 1 aliphatic carbocycles. The van der Waals surface area contributed by atoms with E-state index < -0.39 is 6.04 Å². The molecule has 1 aromatic heterocycles. The van der Waals surface area contributed by atoms with Gasteiger partial charge in [0.15, 0.2) is 5.78 Å². The van der Waals surface area contributed by atoms with E-state index in [1.165, 1.54) is 12.5 Å². The van der Waals surface area contributed by atoms with Crippen LogP contribution >= 0.6 is 0 Å². The molecule has 0 spiro atoms. The Kier molecular flexibility index (Phi) is 4.74. The molecule has 2 atom stereocenters. The quantitative estimate of drug-likeness (QED) is 0.603. The van der Waals surface area contributed by atoms with Crippen molar-refractivity contribution in [2.75, 3.05) is 10.2 Å². The summed E-state index contributed by atoms with van der Waals surface area (Å²) in [6.07, 6.45) is 2.69. The first-order valence-corrected chi connectivity index (χ1v) is 10.5. The lowest BCUT2D eigenvalue weighted by Gasteiger charge is -2.33. The standard InChI is InChI=1S/C26H24N2O3/c1-16-9-11-18(12-10-16)19-14-21-25(23(30)15-19)26(24-8-5-13-31-24)28(17(2)29)22-7-4-3-6-20(22)27-21/h3-13,19,26-27H,14-15H2,1-2H3/t19-,26+/m1/s1. The van der Waals surface area contributed by atoms with Crippen LogP contribution in [0, 0.1) is 6.92 Å². The highest BCUT2D eigenvalue weighted by Crippen LogP contribution is 2.47. The number of rotatable bonds is 2. The molecule has 5 rings (SSSR count). The highest BCUT2D eigenvalue weighted by atomic mass is 16.3. The average Bonchev–Trinajstić information content (AvgIpc) is 3.23. The first-order chi connectivity index (χ1) is 15.0. The fraction of sp³-hybridized carbons (Fsp3) is 0.231. The molecule has 0 saturated heterocycles. The van der Waals surface area contributed by atoms with Gasteiger partial charge in [0.1, 0.15) is 11.8 Å². The average molecular weight is 412 g/mol. The number of aryl methyl sites for hydroxylation is 1. The van der Waals surface area contributed by atoms with E-state index in [-0.39, 0.29) is 17.6 Å². The Hall–Kier alpha value is -3.60. The molecule has 2 heterocycles. The van der Waals surface area contributed by atoms with Crippen molar-refractivity contribution in [3.63, 3.8) is 0 Å². The van der Waals surface area contributed by atoms with Crippen LogP contribution in [-0.2, 0) is 9.59 Å². The summed E-state index contributed by atoms with van der Waals surface area (Å²) in [7, 11) is 0. The number of carbonyl (C=O) groups is 2. The maximum atomic E-state index is 13.6. The molecule has 1 amide bonds. The number of nitrogens with one attached hydrogen (secondary N) is 1. The molecule has 156 valence electrons. The Balaban J connectivity index is 1.67. The minimum atomic E-state index is -0.592. The van der Waals surface area contributed by atoms with Crippen molar-refractivity contribution in [2.24, 2.45) is 0 Å². The molecule has 0 fully saturated rings. The van der Waals surface area contributed by atoms with Gasteiger partial charge in [-0.25, -0.2) is 0 Å². The van der Waals surface area contributed by atoms with Gasteiger partial charge in [-0.3, -0.25) is 14.5 Å². The summed E-state index contributed by atoms with van der Waals surface area (Å²) in [4.78, 5) is 28.1. The van der Waals surface area contributed by atoms with Crippen molar-refractivity contribution in [1.82, 2.24) is 0 Å². The summed E-state index contributed by atoms with van der Waals surface area (Å²) in [5.74, 6) is 0.577. The third kappa shape index (κ3) is 3.36. The van der Waals surface area contributed by atoms with Crippen LogP contribution in [-0.4, -0.2) is 11.7 Å². The van der Waals surface area contributed by atoms with E-state index in [0.29, 0.717) is 24.2 Å². The van der Waals surface area contributed by atoms with Crippen LogP contribution in [0.15, 0.2) is 82.6 Å². The van der Waals surface area contributed by atoms with Gasteiger partial charge in [0.05, 0.1) is 17.6 Å². The van der Waals surface area contributed by atoms with Gasteiger partial charge in [-0.1, -0.05) is 42.0 Å². The molecule has 0 unspecified atom stereocenters. The van der Waals surface area contributed by atoms with Crippen LogP contribution in [0.4, 0.5) is 11.4 Å². The third-order valence-electron chi connectivity index (χ3n) is 6.19. The molecule has 2 aromatic carbocycles. The van der Waals surface area contributed by atoms with Gasteiger partial charge in [-0.05, 0) is 49.1 Å². The zero-order valence-corrected chi connectivity index (χ0v) is 17.6. The van der Waals surface area contributed by atoms with E-state index >= 15 is 0 Å². The highest BCUT2D eigenvalue weighted by Gasteiger charge is 2.41. The van der Waals surface area contributed by atoms with E-state index in [0.717, 1.165) is 22.6 Å².